The van der Waals surface area contributed by atoms with Gasteiger partial charge in [-0.05, 0) is 25.7 Å². The Balaban J connectivity index is 2.66. The van der Waals surface area contributed by atoms with Gasteiger partial charge in [0.15, 0.2) is 0 Å². The highest BCUT2D eigenvalue weighted by atomic mass is 16.6. The van der Waals surface area contributed by atoms with Crippen molar-refractivity contribution in [3.05, 3.63) is 0 Å². The summed E-state index contributed by atoms with van der Waals surface area (Å²) in [6.07, 6.45) is 4.23. The monoisotopic (exact) mass is 472 g/mol. The van der Waals surface area contributed by atoms with E-state index in [4.69, 9.17) is 14.2 Å². The zero-order chi connectivity index (χ0) is 24.3. The highest BCUT2D eigenvalue weighted by Gasteiger charge is 2.22. The molecule has 1 saturated heterocycles. The van der Waals surface area contributed by atoms with E-state index in [1.54, 1.807) is 0 Å². The van der Waals surface area contributed by atoms with Crippen LogP contribution in [0.2, 0.25) is 0 Å². The molecule has 1 aliphatic heterocycles. The van der Waals surface area contributed by atoms with Gasteiger partial charge in [0.1, 0.15) is 12.2 Å². The van der Waals surface area contributed by atoms with Crippen LogP contribution in [0.5, 0.6) is 0 Å². The van der Waals surface area contributed by atoms with Gasteiger partial charge in [-0.1, -0.05) is 40.5 Å². The fourth-order valence-corrected chi connectivity index (χ4v) is 3.56. The van der Waals surface area contributed by atoms with E-state index < -0.39 is 0 Å². The molecular formula is C24H48N4O5. The van der Waals surface area contributed by atoms with Crippen LogP contribution in [0.25, 0.3) is 0 Å². The van der Waals surface area contributed by atoms with Crippen molar-refractivity contribution in [2.24, 2.45) is 0 Å². The summed E-state index contributed by atoms with van der Waals surface area (Å²) in [6.45, 7) is 15.8. The van der Waals surface area contributed by atoms with Crippen LogP contribution in [0.15, 0.2) is 0 Å². The smallest absolute Gasteiger partial charge is 0.407 e. The van der Waals surface area contributed by atoms with Crippen molar-refractivity contribution in [2.75, 3.05) is 65.6 Å². The van der Waals surface area contributed by atoms with Crippen molar-refractivity contribution in [1.29, 1.82) is 0 Å². The molecule has 0 aromatic heterocycles. The van der Waals surface area contributed by atoms with Crippen LogP contribution in [0.1, 0.15) is 66.2 Å². The number of carbonyl (C=O) groups is 2. The van der Waals surface area contributed by atoms with Gasteiger partial charge in [0.2, 0.25) is 0 Å². The molecule has 2 N–H and O–H groups in total. The molecule has 2 atom stereocenters. The first kappa shape index (κ1) is 29.5. The average molecular weight is 473 g/mol. The van der Waals surface area contributed by atoms with E-state index in [-0.39, 0.29) is 24.4 Å². The van der Waals surface area contributed by atoms with E-state index in [0.717, 1.165) is 77.9 Å². The largest absolute Gasteiger partial charge is 0.445 e. The molecule has 9 heteroatoms. The number of nitrogens with zero attached hydrogens (tertiary/aromatic N) is 2. The van der Waals surface area contributed by atoms with Crippen molar-refractivity contribution in [3.8, 4) is 0 Å². The number of morpholine rings is 1. The Labute approximate surface area is 200 Å². The number of ether oxygens (including phenoxy) is 3. The van der Waals surface area contributed by atoms with Crippen LogP contribution in [0, 0.1) is 0 Å². The van der Waals surface area contributed by atoms with Gasteiger partial charge in [0.25, 0.3) is 0 Å². The lowest BCUT2D eigenvalue weighted by molar-refractivity contribution is 0.0162. The van der Waals surface area contributed by atoms with Gasteiger partial charge in [-0.2, -0.15) is 0 Å². The highest BCUT2D eigenvalue weighted by molar-refractivity contribution is 5.67. The normalized spacial score (nSPS) is 16.3. The Kier molecular flexibility index (Phi) is 16.8. The second-order valence-electron chi connectivity index (χ2n) is 8.65. The van der Waals surface area contributed by atoms with Gasteiger partial charge in [-0.25, -0.2) is 9.59 Å². The number of carbonyl (C=O) groups excluding carboxylic acids is 2. The standard InChI is InChI=1S/C24H48N4O5/c1-5-9-11-25-23(29)32-21(7-3)19-28(14-13-27-15-17-31-18-16-27)20-22(8-4)33-24(30)26-12-10-6-2/h21-22H,5-20H2,1-4H3,(H,25,29)(H,26,30). The second kappa shape index (κ2) is 18.8. The van der Waals surface area contributed by atoms with Crippen LogP contribution in [-0.2, 0) is 14.2 Å². The molecule has 0 saturated carbocycles. The third-order valence-electron chi connectivity index (χ3n) is 5.82. The summed E-state index contributed by atoms with van der Waals surface area (Å²) < 4.78 is 16.8. The topological polar surface area (TPSA) is 92.4 Å². The van der Waals surface area contributed by atoms with Crippen LogP contribution in [0.3, 0.4) is 0 Å². The second-order valence-corrected chi connectivity index (χ2v) is 8.65. The van der Waals surface area contributed by atoms with E-state index >= 15 is 0 Å². The van der Waals surface area contributed by atoms with Crippen LogP contribution in [0.4, 0.5) is 9.59 Å². The molecule has 0 aromatic rings. The van der Waals surface area contributed by atoms with Crippen molar-refractivity contribution in [1.82, 2.24) is 20.4 Å². The lowest BCUT2D eigenvalue weighted by atomic mass is 10.2. The Morgan fingerprint density at radius 2 is 1.36 bits per heavy atom. The molecule has 0 aliphatic carbocycles. The van der Waals surface area contributed by atoms with Gasteiger partial charge >= 0.3 is 12.2 Å². The zero-order valence-electron chi connectivity index (χ0n) is 21.4. The Morgan fingerprint density at radius 1 is 0.879 bits per heavy atom. The lowest BCUT2D eigenvalue weighted by Gasteiger charge is -2.33. The maximum absolute atomic E-state index is 12.2. The highest BCUT2D eigenvalue weighted by Crippen LogP contribution is 2.09. The molecule has 1 rings (SSSR count). The molecule has 1 fully saturated rings. The molecule has 0 aromatic carbocycles. The third kappa shape index (κ3) is 14.3. The molecular weight excluding hydrogens is 424 g/mol. The summed E-state index contributed by atoms with van der Waals surface area (Å²) in [5.74, 6) is 0. The van der Waals surface area contributed by atoms with Gasteiger partial charge < -0.3 is 24.8 Å². The number of hydrogen-bond donors (Lipinski definition) is 2. The number of nitrogens with one attached hydrogen (secondary N) is 2. The number of alkyl carbamates (subject to hydrolysis) is 2. The molecule has 9 nitrogen and oxygen atoms in total. The van der Waals surface area contributed by atoms with Gasteiger partial charge in [-0.3, -0.25) is 9.80 Å². The van der Waals surface area contributed by atoms with Gasteiger partial charge in [-0.15, -0.1) is 0 Å². The number of hydrogen-bond acceptors (Lipinski definition) is 7. The maximum atomic E-state index is 12.2. The molecule has 2 unspecified atom stereocenters. The van der Waals surface area contributed by atoms with E-state index in [2.05, 4.69) is 34.3 Å². The fourth-order valence-electron chi connectivity index (χ4n) is 3.56. The van der Waals surface area contributed by atoms with Crippen molar-refractivity contribution in [2.45, 2.75) is 78.4 Å². The molecule has 33 heavy (non-hydrogen) atoms. The number of unbranched alkanes of at least 4 members (excludes halogenated alkanes) is 2. The summed E-state index contributed by atoms with van der Waals surface area (Å²) >= 11 is 0. The van der Waals surface area contributed by atoms with Crippen molar-refractivity contribution < 1.29 is 23.8 Å². The lowest BCUT2D eigenvalue weighted by Crippen LogP contribution is -2.47. The van der Waals surface area contributed by atoms with Crippen LogP contribution in [-0.4, -0.2) is 99.8 Å². The van der Waals surface area contributed by atoms with E-state index in [9.17, 15) is 9.59 Å². The molecule has 0 radical (unpaired) electrons. The average Bonchev–Trinajstić information content (AvgIpc) is 2.82. The summed E-state index contributed by atoms with van der Waals surface area (Å²) in [5, 5.41) is 5.66. The maximum Gasteiger partial charge on any atom is 0.407 e. The number of amides is 2. The van der Waals surface area contributed by atoms with Crippen molar-refractivity contribution in [3.63, 3.8) is 0 Å². The molecule has 0 bridgehead atoms. The molecule has 2 amide bonds. The zero-order valence-corrected chi connectivity index (χ0v) is 21.4. The number of rotatable bonds is 17. The van der Waals surface area contributed by atoms with Crippen LogP contribution < -0.4 is 10.6 Å². The van der Waals surface area contributed by atoms with Crippen molar-refractivity contribution >= 4 is 12.2 Å². The molecule has 0 spiro atoms. The quantitative estimate of drug-likeness (QED) is 0.314. The summed E-state index contributed by atoms with van der Waals surface area (Å²) in [4.78, 5) is 29.0. The Morgan fingerprint density at radius 3 is 1.79 bits per heavy atom. The predicted octanol–water partition coefficient (Wildman–Crippen LogP) is 3.23. The molecule has 194 valence electrons. The first-order valence-electron chi connectivity index (χ1n) is 12.9. The summed E-state index contributed by atoms with van der Waals surface area (Å²) in [6, 6.07) is 0. The summed E-state index contributed by atoms with van der Waals surface area (Å²) in [5.41, 5.74) is 0. The third-order valence-corrected chi connectivity index (χ3v) is 5.82. The van der Waals surface area contributed by atoms with E-state index in [1.165, 1.54) is 0 Å². The Hall–Kier alpha value is -1.58. The SMILES string of the molecule is CCCCNC(=O)OC(CC)CN(CCN1CCOCC1)CC(CC)OC(=O)NCCCC. The van der Waals surface area contributed by atoms with Gasteiger partial charge in [0.05, 0.1) is 13.2 Å². The Bertz CT molecular complexity index is 483. The minimum Gasteiger partial charge on any atom is -0.445 e. The first-order valence-corrected chi connectivity index (χ1v) is 12.9. The predicted molar refractivity (Wildman–Crippen MR) is 131 cm³/mol. The minimum absolute atomic E-state index is 0.216. The fraction of sp³-hybridized carbons (Fsp3) is 0.917. The molecule has 1 aliphatic rings. The van der Waals surface area contributed by atoms with E-state index in [0.29, 0.717) is 26.2 Å². The first-order chi connectivity index (χ1) is 16.0. The van der Waals surface area contributed by atoms with E-state index in [1.807, 2.05) is 13.8 Å². The minimum atomic E-state index is -0.359. The van der Waals surface area contributed by atoms with Crippen LogP contribution >= 0.6 is 0 Å². The summed E-state index contributed by atoms with van der Waals surface area (Å²) in [7, 11) is 0. The molecule has 1 heterocycles. The van der Waals surface area contributed by atoms with Gasteiger partial charge in [0, 0.05) is 52.4 Å².